The Bertz CT molecular complexity index is 1070. The average Bonchev–Trinajstić information content (AvgIpc) is 3.19. The minimum absolute atomic E-state index is 0.103. The topological polar surface area (TPSA) is 73.2 Å². The first-order valence-corrected chi connectivity index (χ1v) is 11.6. The summed E-state index contributed by atoms with van der Waals surface area (Å²) in [5, 5.41) is 3.52. The fourth-order valence-electron chi connectivity index (χ4n) is 3.71. The summed E-state index contributed by atoms with van der Waals surface area (Å²) in [7, 11) is 1.32. The van der Waals surface area contributed by atoms with Gasteiger partial charge in [0.15, 0.2) is 0 Å². The minimum atomic E-state index is -0.760. The van der Waals surface area contributed by atoms with Crippen LogP contribution in [0.5, 0.6) is 0 Å². The van der Waals surface area contributed by atoms with Crippen LogP contribution in [0.15, 0.2) is 60.8 Å². The number of rotatable bonds is 11. The smallest absolute Gasteiger partial charge is 0.328 e. The zero-order valence-corrected chi connectivity index (χ0v) is 19.8. The molecule has 1 atom stereocenters. The maximum absolute atomic E-state index is 12.9. The van der Waals surface area contributed by atoms with Crippen LogP contribution in [0, 0.1) is 0 Å². The van der Waals surface area contributed by atoms with Crippen LogP contribution in [0.25, 0.3) is 0 Å². The summed E-state index contributed by atoms with van der Waals surface area (Å²) in [4.78, 5) is 29.8. The molecule has 1 aromatic heterocycles. The number of carbonyl (C=O) groups excluding carboxylic acids is 2. The molecule has 33 heavy (non-hydrogen) atoms. The predicted molar refractivity (Wildman–Crippen MR) is 129 cm³/mol. The van der Waals surface area contributed by atoms with Gasteiger partial charge < -0.3 is 14.6 Å². The number of methoxy groups -OCH3 is 1. The number of benzene rings is 2. The van der Waals surface area contributed by atoms with Gasteiger partial charge in [0.1, 0.15) is 11.9 Å². The molecule has 0 aliphatic heterocycles. The highest BCUT2D eigenvalue weighted by Gasteiger charge is 2.23. The predicted octanol–water partition coefficient (Wildman–Crippen LogP) is 4.37. The van der Waals surface area contributed by atoms with Gasteiger partial charge in [-0.25, -0.2) is 9.78 Å². The first-order chi connectivity index (χ1) is 16.0. The highest BCUT2D eigenvalue weighted by Crippen LogP contribution is 2.19. The van der Waals surface area contributed by atoms with Gasteiger partial charge in [-0.15, -0.1) is 0 Å². The Kier molecular flexibility index (Phi) is 9.07. The van der Waals surface area contributed by atoms with Crippen molar-refractivity contribution in [3.63, 3.8) is 0 Å². The zero-order valence-electron chi connectivity index (χ0n) is 19.1. The van der Waals surface area contributed by atoms with Crippen molar-refractivity contribution in [1.82, 2.24) is 14.9 Å². The maximum Gasteiger partial charge on any atom is 0.328 e. The lowest BCUT2D eigenvalue weighted by molar-refractivity contribution is -0.145. The molecule has 0 spiro atoms. The fourth-order valence-corrected chi connectivity index (χ4v) is 3.91. The van der Waals surface area contributed by atoms with Crippen molar-refractivity contribution in [2.24, 2.45) is 0 Å². The van der Waals surface area contributed by atoms with E-state index in [-0.39, 0.29) is 12.3 Å². The molecule has 0 unspecified atom stereocenters. The fraction of sp³-hybridized carbons (Fsp3) is 0.346. The number of aryl methyl sites for hydroxylation is 1. The summed E-state index contributed by atoms with van der Waals surface area (Å²) in [6.07, 6.45) is 5.08. The van der Waals surface area contributed by atoms with Gasteiger partial charge in [0.05, 0.1) is 20.1 Å². The molecule has 0 saturated heterocycles. The van der Waals surface area contributed by atoms with E-state index in [4.69, 9.17) is 16.3 Å². The number of hydrogen-bond acceptors (Lipinski definition) is 4. The van der Waals surface area contributed by atoms with Crippen molar-refractivity contribution in [3.05, 3.63) is 88.5 Å². The first kappa shape index (κ1) is 24.5. The first-order valence-electron chi connectivity index (χ1n) is 11.2. The van der Waals surface area contributed by atoms with Gasteiger partial charge >= 0.3 is 5.97 Å². The number of nitrogens with zero attached hydrogens (tertiary/aromatic N) is 2. The van der Waals surface area contributed by atoms with Gasteiger partial charge in [-0.05, 0) is 23.6 Å². The van der Waals surface area contributed by atoms with E-state index in [1.807, 2.05) is 54.6 Å². The normalized spacial score (nSPS) is 11.7. The van der Waals surface area contributed by atoms with Crippen molar-refractivity contribution in [2.45, 2.75) is 51.6 Å². The second kappa shape index (κ2) is 12.2. The third-order valence-corrected chi connectivity index (χ3v) is 5.88. The van der Waals surface area contributed by atoms with Gasteiger partial charge in [-0.1, -0.05) is 73.5 Å². The van der Waals surface area contributed by atoms with E-state index in [1.165, 1.54) is 7.11 Å². The van der Waals surface area contributed by atoms with Crippen LogP contribution in [0.3, 0.4) is 0 Å². The molecule has 0 aliphatic rings. The molecule has 0 aliphatic carbocycles. The van der Waals surface area contributed by atoms with Crippen LogP contribution >= 0.6 is 11.6 Å². The van der Waals surface area contributed by atoms with Crippen molar-refractivity contribution in [1.29, 1.82) is 0 Å². The number of halogens is 1. The van der Waals surface area contributed by atoms with E-state index in [9.17, 15) is 9.59 Å². The van der Waals surface area contributed by atoms with Crippen LogP contribution < -0.4 is 5.32 Å². The maximum atomic E-state index is 12.9. The van der Waals surface area contributed by atoms with Crippen LogP contribution in [0.1, 0.15) is 42.4 Å². The molecule has 0 radical (unpaired) electrons. The zero-order chi connectivity index (χ0) is 23.6. The highest BCUT2D eigenvalue weighted by atomic mass is 35.5. The molecule has 3 aromatic rings. The molecule has 0 bridgehead atoms. The summed E-state index contributed by atoms with van der Waals surface area (Å²) in [5.41, 5.74) is 2.69. The Morgan fingerprint density at radius 2 is 1.85 bits per heavy atom. The Morgan fingerprint density at radius 3 is 2.55 bits per heavy atom. The number of imidazole rings is 1. The van der Waals surface area contributed by atoms with Gasteiger partial charge in [-0.2, -0.15) is 0 Å². The highest BCUT2D eigenvalue weighted by molar-refractivity contribution is 6.31. The molecule has 3 rings (SSSR count). The molecule has 0 fully saturated rings. The molecule has 174 valence electrons. The van der Waals surface area contributed by atoms with E-state index in [0.717, 1.165) is 41.9 Å². The summed E-state index contributed by atoms with van der Waals surface area (Å²) >= 11 is 6.39. The third-order valence-electron chi connectivity index (χ3n) is 5.51. The van der Waals surface area contributed by atoms with Crippen LogP contribution in [-0.2, 0) is 40.1 Å². The van der Waals surface area contributed by atoms with E-state index < -0.39 is 12.0 Å². The van der Waals surface area contributed by atoms with Crippen LogP contribution in [0.2, 0.25) is 5.02 Å². The molecule has 2 aromatic carbocycles. The van der Waals surface area contributed by atoms with Crippen molar-refractivity contribution in [3.8, 4) is 0 Å². The summed E-state index contributed by atoms with van der Waals surface area (Å²) in [5.74, 6) is 0.192. The molecule has 6 nitrogen and oxygen atoms in total. The monoisotopic (exact) mass is 467 g/mol. The van der Waals surface area contributed by atoms with Gasteiger partial charge in [0.25, 0.3) is 0 Å². The van der Waals surface area contributed by atoms with Gasteiger partial charge in [0, 0.05) is 29.8 Å². The number of unbranched alkanes of at least 4 members (excludes halogenated alkanes) is 1. The second-order valence-corrected chi connectivity index (χ2v) is 8.36. The quantitative estimate of drug-likeness (QED) is 0.425. The molecular formula is C26H30ClN3O3. The lowest BCUT2D eigenvalue weighted by Gasteiger charge is -2.18. The number of nitrogens with one attached hydrogen (secondary N) is 1. The summed E-state index contributed by atoms with van der Waals surface area (Å²) in [6.45, 7) is 2.67. The lowest BCUT2D eigenvalue weighted by Crippen LogP contribution is -2.43. The van der Waals surface area contributed by atoms with Crippen molar-refractivity contribution >= 4 is 23.5 Å². The Labute approximate surface area is 199 Å². The lowest BCUT2D eigenvalue weighted by atomic mass is 10.1. The standard InChI is InChI=1S/C26H30ClN3O3/c1-3-4-14-24-28-17-21(30(24)18-20-12-8-9-13-22(20)27)16-25(31)29-23(26(32)33-2)15-19-10-6-5-7-11-19/h5-13,17,23H,3-4,14-16,18H2,1-2H3,(H,29,31)/t23-/m1/s1. The molecule has 1 heterocycles. The molecular weight excluding hydrogens is 438 g/mol. The number of amides is 1. The SMILES string of the molecule is CCCCc1ncc(CC(=O)N[C@H](Cc2ccccc2)C(=O)OC)n1Cc1ccccc1Cl. The Morgan fingerprint density at radius 1 is 1.12 bits per heavy atom. The van der Waals surface area contributed by atoms with E-state index in [2.05, 4.69) is 21.8 Å². The summed E-state index contributed by atoms with van der Waals surface area (Å²) < 4.78 is 6.97. The second-order valence-electron chi connectivity index (χ2n) is 7.96. The molecule has 1 amide bonds. The van der Waals surface area contributed by atoms with E-state index >= 15 is 0 Å². The largest absolute Gasteiger partial charge is 0.467 e. The van der Waals surface area contributed by atoms with Crippen molar-refractivity contribution < 1.29 is 14.3 Å². The van der Waals surface area contributed by atoms with Crippen molar-refractivity contribution in [2.75, 3.05) is 7.11 Å². The van der Waals surface area contributed by atoms with Crippen LogP contribution in [-0.4, -0.2) is 34.6 Å². The number of ether oxygens (including phenoxy) is 1. The molecule has 0 saturated carbocycles. The molecule has 7 heteroatoms. The van der Waals surface area contributed by atoms with E-state index in [1.54, 1.807) is 6.20 Å². The Hall–Kier alpha value is -3.12. The van der Waals surface area contributed by atoms with Crippen LogP contribution in [0.4, 0.5) is 0 Å². The number of esters is 1. The third kappa shape index (κ3) is 6.93. The summed E-state index contributed by atoms with van der Waals surface area (Å²) in [6, 6.07) is 16.5. The average molecular weight is 468 g/mol. The van der Waals surface area contributed by atoms with Gasteiger partial charge in [-0.3, -0.25) is 4.79 Å². The number of aromatic nitrogens is 2. The molecule has 1 N–H and O–H groups in total. The number of hydrogen-bond donors (Lipinski definition) is 1. The van der Waals surface area contributed by atoms with E-state index in [0.29, 0.717) is 18.0 Å². The van der Waals surface area contributed by atoms with Gasteiger partial charge in [0.2, 0.25) is 5.91 Å². The minimum Gasteiger partial charge on any atom is -0.467 e. The Balaban J connectivity index is 1.77. The number of carbonyl (C=O) groups is 2.